The van der Waals surface area contributed by atoms with Crippen LogP contribution in [0.5, 0.6) is 0 Å². The van der Waals surface area contributed by atoms with E-state index in [0.29, 0.717) is 5.56 Å². The maximum absolute atomic E-state index is 12.4. The first-order valence-corrected chi connectivity index (χ1v) is 8.01. The number of carbonyl (C=O) groups is 2. The van der Waals surface area contributed by atoms with Gasteiger partial charge in [0, 0.05) is 17.7 Å². The average Bonchev–Trinajstić information content (AvgIpc) is 3.43. The van der Waals surface area contributed by atoms with Crippen LogP contribution in [-0.4, -0.2) is 17.9 Å². The average molecular weight is 321 g/mol. The molecule has 1 aliphatic carbocycles. The van der Waals surface area contributed by atoms with E-state index in [0.717, 1.165) is 18.4 Å². The first kappa shape index (κ1) is 16.0. The fourth-order valence-electron chi connectivity index (χ4n) is 2.29. The summed E-state index contributed by atoms with van der Waals surface area (Å²) in [5.41, 5.74) is 1.56. The molecule has 0 heterocycles. The zero-order chi connectivity index (χ0) is 16.8. The molecule has 2 aromatic rings. The standard InChI is InChI=1S/C20H19NO3/c22-18(14-11-15-7-3-1-4-8-15)24-19(16-9-5-2-6-10-16)20(23)21-17-12-13-17/h1-11,14,17,19H,12-13H2,(H,21,23)/b14-11+/t19-/m0/s1. The molecule has 2 aromatic carbocycles. The molecule has 24 heavy (non-hydrogen) atoms. The van der Waals surface area contributed by atoms with Crippen LogP contribution >= 0.6 is 0 Å². The molecule has 3 rings (SSSR count). The molecule has 1 atom stereocenters. The van der Waals surface area contributed by atoms with Gasteiger partial charge in [-0.25, -0.2) is 4.79 Å². The van der Waals surface area contributed by atoms with Crippen LogP contribution in [0.25, 0.3) is 6.08 Å². The Hall–Kier alpha value is -2.88. The summed E-state index contributed by atoms with van der Waals surface area (Å²) in [5.74, 6) is -0.816. The zero-order valence-corrected chi connectivity index (χ0v) is 13.2. The highest BCUT2D eigenvalue weighted by Gasteiger charge is 2.30. The SMILES string of the molecule is O=C(/C=C/c1ccccc1)O[C@H](C(=O)NC1CC1)c1ccccc1. The van der Waals surface area contributed by atoms with Crippen molar-refractivity contribution in [2.45, 2.75) is 25.0 Å². The van der Waals surface area contributed by atoms with Crippen molar-refractivity contribution in [2.75, 3.05) is 0 Å². The van der Waals surface area contributed by atoms with Gasteiger partial charge in [-0.3, -0.25) is 4.79 Å². The molecule has 0 saturated heterocycles. The highest BCUT2D eigenvalue weighted by atomic mass is 16.5. The van der Waals surface area contributed by atoms with Crippen molar-refractivity contribution < 1.29 is 14.3 Å². The molecule has 0 bridgehead atoms. The van der Waals surface area contributed by atoms with E-state index in [2.05, 4.69) is 5.32 Å². The lowest BCUT2D eigenvalue weighted by Crippen LogP contribution is -2.33. The topological polar surface area (TPSA) is 55.4 Å². The molecule has 0 aliphatic heterocycles. The monoisotopic (exact) mass is 321 g/mol. The van der Waals surface area contributed by atoms with E-state index >= 15 is 0 Å². The van der Waals surface area contributed by atoms with Gasteiger partial charge in [-0.1, -0.05) is 60.7 Å². The van der Waals surface area contributed by atoms with Crippen molar-refractivity contribution in [1.82, 2.24) is 5.32 Å². The Morgan fingerprint density at radius 3 is 2.25 bits per heavy atom. The highest BCUT2D eigenvalue weighted by molar-refractivity contribution is 5.91. The van der Waals surface area contributed by atoms with Crippen molar-refractivity contribution in [3.05, 3.63) is 77.9 Å². The number of carbonyl (C=O) groups excluding carboxylic acids is 2. The van der Waals surface area contributed by atoms with Crippen LogP contribution < -0.4 is 5.32 Å². The molecule has 122 valence electrons. The van der Waals surface area contributed by atoms with E-state index in [1.54, 1.807) is 18.2 Å². The Bertz CT molecular complexity index is 721. The Morgan fingerprint density at radius 2 is 1.62 bits per heavy atom. The molecule has 4 nitrogen and oxygen atoms in total. The molecule has 0 spiro atoms. The minimum Gasteiger partial charge on any atom is -0.444 e. The molecule has 0 unspecified atom stereocenters. The van der Waals surface area contributed by atoms with Crippen molar-refractivity contribution >= 4 is 18.0 Å². The van der Waals surface area contributed by atoms with Gasteiger partial charge in [0.25, 0.3) is 5.91 Å². The predicted octanol–water partition coefficient (Wildman–Crippen LogP) is 3.26. The number of ether oxygens (including phenoxy) is 1. The van der Waals surface area contributed by atoms with Crippen LogP contribution in [0, 0.1) is 0 Å². The maximum Gasteiger partial charge on any atom is 0.331 e. The summed E-state index contributed by atoms with van der Waals surface area (Å²) in [4.78, 5) is 24.5. The second-order valence-electron chi connectivity index (χ2n) is 5.75. The van der Waals surface area contributed by atoms with Crippen molar-refractivity contribution in [3.63, 3.8) is 0 Å². The first-order valence-electron chi connectivity index (χ1n) is 8.01. The molecule has 4 heteroatoms. The first-order chi connectivity index (χ1) is 11.7. The molecule has 1 fully saturated rings. The molecule has 1 N–H and O–H groups in total. The van der Waals surface area contributed by atoms with Gasteiger partial charge in [0.1, 0.15) is 0 Å². The molecule has 0 radical (unpaired) electrons. The Labute approximate surface area is 141 Å². The summed E-state index contributed by atoms with van der Waals surface area (Å²) in [6.45, 7) is 0. The third-order valence-corrected chi connectivity index (χ3v) is 3.71. The number of hydrogen-bond acceptors (Lipinski definition) is 3. The number of benzene rings is 2. The van der Waals surface area contributed by atoms with Gasteiger partial charge in [-0.2, -0.15) is 0 Å². The third-order valence-electron chi connectivity index (χ3n) is 3.71. The zero-order valence-electron chi connectivity index (χ0n) is 13.2. The molecular formula is C20H19NO3. The lowest BCUT2D eigenvalue weighted by atomic mass is 10.1. The van der Waals surface area contributed by atoms with Crippen molar-refractivity contribution in [2.24, 2.45) is 0 Å². The van der Waals surface area contributed by atoms with Gasteiger partial charge in [0.05, 0.1) is 0 Å². The van der Waals surface area contributed by atoms with E-state index in [1.165, 1.54) is 6.08 Å². The van der Waals surface area contributed by atoms with Crippen LogP contribution in [0.1, 0.15) is 30.1 Å². The number of nitrogens with one attached hydrogen (secondary N) is 1. The van der Waals surface area contributed by atoms with Gasteiger partial charge in [0.2, 0.25) is 6.10 Å². The lowest BCUT2D eigenvalue weighted by Gasteiger charge is -2.17. The van der Waals surface area contributed by atoms with E-state index < -0.39 is 12.1 Å². The summed E-state index contributed by atoms with van der Waals surface area (Å²) in [6.07, 6.45) is 4.04. The molecule has 1 amide bonds. The summed E-state index contributed by atoms with van der Waals surface area (Å²) in [5, 5.41) is 2.89. The Balaban J connectivity index is 1.69. The summed E-state index contributed by atoms with van der Waals surface area (Å²) in [7, 11) is 0. The van der Waals surface area contributed by atoms with Crippen LogP contribution in [0.3, 0.4) is 0 Å². The third kappa shape index (κ3) is 4.56. The second kappa shape index (κ2) is 7.59. The number of rotatable bonds is 6. The normalized spacial score (nSPS) is 15.0. The fraction of sp³-hybridized carbons (Fsp3) is 0.200. The van der Waals surface area contributed by atoms with E-state index in [4.69, 9.17) is 4.74 Å². The fourth-order valence-corrected chi connectivity index (χ4v) is 2.29. The molecular weight excluding hydrogens is 302 g/mol. The van der Waals surface area contributed by atoms with Crippen LogP contribution in [0.15, 0.2) is 66.7 Å². The van der Waals surface area contributed by atoms with Gasteiger partial charge in [0.15, 0.2) is 0 Å². The molecule has 1 aliphatic rings. The highest BCUT2D eigenvalue weighted by Crippen LogP contribution is 2.23. The van der Waals surface area contributed by atoms with Crippen LogP contribution in [0.4, 0.5) is 0 Å². The second-order valence-corrected chi connectivity index (χ2v) is 5.75. The predicted molar refractivity (Wildman–Crippen MR) is 91.9 cm³/mol. The smallest absolute Gasteiger partial charge is 0.331 e. The largest absolute Gasteiger partial charge is 0.444 e. The quantitative estimate of drug-likeness (QED) is 0.656. The Morgan fingerprint density at radius 1 is 1.00 bits per heavy atom. The summed E-state index contributed by atoms with van der Waals surface area (Å²) in [6, 6.07) is 18.7. The number of hydrogen-bond donors (Lipinski definition) is 1. The lowest BCUT2D eigenvalue weighted by molar-refractivity contribution is -0.151. The summed E-state index contributed by atoms with van der Waals surface area (Å²) < 4.78 is 5.41. The number of amides is 1. The minimum absolute atomic E-state index is 0.210. The van der Waals surface area contributed by atoms with Gasteiger partial charge in [-0.05, 0) is 24.5 Å². The van der Waals surface area contributed by atoms with Gasteiger partial charge >= 0.3 is 5.97 Å². The van der Waals surface area contributed by atoms with Crippen LogP contribution in [0.2, 0.25) is 0 Å². The van der Waals surface area contributed by atoms with Crippen molar-refractivity contribution in [3.8, 4) is 0 Å². The molecule has 1 saturated carbocycles. The van der Waals surface area contributed by atoms with Crippen LogP contribution in [-0.2, 0) is 14.3 Å². The summed E-state index contributed by atoms with van der Waals surface area (Å²) >= 11 is 0. The minimum atomic E-state index is -0.931. The van der Waals surface area contributed by atoms with Gasteiger partial charge in [-0.15, -0.1) is 0 Å². The Kier molecular flexibility index (Phi) is 5.06. The maximum atomic E-state index is 12.4. The van der Waals surface area contributed by atoms with Gasteiger partial charge < -0.3 is 10.1 Å². The van der Waals surface area contributed by atoms with E-state index in [9.17, 15) is 9.59 Å². The molecule has 0 aromatic heterocycles. The van der Waals surface area contributed by atoms with E-state index in [1.807, 2.05) is 48.5 Å². The van der Waals surface area contributed by atoms with E-state index in [-0.39, 0.29) is 11.9 Å². The van der Waals surface area contributed by atoms with Crippen molar-refractivity contribution in [1.29, 1.82) is 0 Å². The number of esters is 1.